The zero-order valence-electron chi connectivity index (χ0n) is 20.4. The summed E-state index contributed by atoms with van der Waals surface area (Å²) in [4.78, 5) is 39.2. The molecule has 1 aliphatic rings. The summed E-state index contributed by atoms with van der Waals surface area (Å²) in [5.41, 5.74) is 3.96. The highest BCUT2D eigenvalue weighted by Gasteiger charge is 2.37. The number of benzene rings is 3. The number of barbiturate groups is 1. The third-order valence-corrected chi connectivity index (χ3v) is 6.51. The molecule has 4 rings (SSSR count). The Morgan fingerprint density at radius 3 is 2.41 bits per heavy atom. The lowest BCUT2D eigenvalue weighted by Gasteiger charge is -2.26. The molecule has 1 N–H and O–H groups in total. The Hall–Kier alpha value is -3.37. The van der Waals surface area contributed by atoms with Crippen LogP contribution in [0.5, 0.6) is 11.5 Å². The van der Waals surface area contributed by atoms with Crippen molar-refractivity contribution in [1.29, 1.82) is 0 Å². The fourth-order valence-electron chi connectivity index (χ4n) is 4.06. The summed E-state index contributed by atoms with van der Waals surface area (Å²) in [6.07, 6.45) is 1.43. The Labute approximate surface area is 233 Å². The fourth-order valence-corrected chi connectivity index (χ4v) is 5.02. The number of nitrogens with zero attached hydrogens (tertiary/aromatic N) is 1. The van der Waals surface area contributed by atoms with Crippen molar-refractivity contribution >= 4 is 63.8 Å². The molecule has 0 radical (unpaired) electrons. The lowest BCUT2D eigenvalue weighted by atomic mass is 10.1. The van der Waals surface area contributed by atoms with E-state index in [4.69, 9.17) is 21.1 Å². The molecule has 1 fully saturated rings. The number of halogens is 2. The second-order valence-electron chi connectivity index (χ2n) is 8.49. The minimum atomic E-state index is -0.839. The summed E-state index contributed by atoms with van der Waals surface area (Å²) >= 11 is 8.17. The molecule has 0 atom stereocenters. The van der Waals surface area contributed by atoms with Crippen LogP contribution in [0, 0.1) is 17.4 Å². The molecule has 1 aliphatic heterocycles. The first-order valence-corrected chi connectivity index (χ1v) is 12.9. The van der Waals surface area contributed by atoms with Crippen molar-refractivity contribution in [1.82, 2.24) is 5.32 Å². The number of carbonyl (C=O) groups is 3. The highest BCUT2D eigenvalue weighted by atomic mass is 127. The van der Waals surface area contributed by atoms with Crippen molar-refractivity contribution in [3.05, 3.63) is 91.0 Å². The Morgan fingerprint density at radius 2 is 1.73 bits per heavy atom. The number of hydrogen-bond donors (Lipinski definition) is 1. The van der Waals surface area contributed by atoms with Crippen LogP contribution in [0.3, 0.4) is 0 Å². The molecule has 7 nitrogen and oxygen atoms in total. The molecule has 0 aromatic heterocycles. The largest absolute Gasteiger partial charge is 0.490 e. The van der Waals surface area contributed by atoms with Gasteiger partial charge in [-0.05, 0) is 90.9 Å². The average Bonchev–Trinajstić information content (AvgIpc) is 2.81. The van der Waals surface area contributed by atoms with E-state index in [9.17, 15) is 14.4 Å². The van der Waals surface area contributed by atoms with E-state index in [1.165, 1.54) is 12.1 Å². The maximum Gasteiger partial charge on any atom is 0.335 e. The third-order valence-electron chi connectivity index (χ3n) is 5.48. The number of anilines is 1. The van der Waals surface area contributed by atoms with Gasteiger partial charge in [-0.25, -0.2) is 9.69 Å². The normalized spacial score (nSPS) is 14.7. The van der Waals surface area contributed by atoms with Gasteiger partial charge in [0.15, 0.2) is 11.5 Å². The fraction of sp³-hybridized carbons (Fsp3) is 0.179. The first-order valence-electron chi connectivity index (χ1n) is 11.5. The Kier molecular flexibility index (Phi) is 8.19. The number of hydrogen-bond acceptors (Lipinski definition) is 5. The van der Waals surface area contributed by atoms with E-state index < -0.39 is 17.8 Å². The van der Waals surface area contributed by atoms with Crippen molar-refractivity contribution in [2.75, 3.05) is 11.5 Å². The molecule has 3 aromatic carbocycles. The summed E-state index contributed by atoms with van der Waals surface area (Å²) in [6.45, 7) is 6.69. The second kappa shape index (κ2) is 11.4. The van der Waals surface area contributed by atoms with Gasteiger partial charge in [-0.2, -0.15) is 0 Å². The second-order valence-corrected chi connectivity index (χ2v) is 10.1. The minimum absolute atomic E-state index is 0.193. The average molecular weight is 631 g/mol. The summed E-state index contributed by atoms with van der Waals surface area (Å²) in [5.74, 6) is -0.480. The van der Waals surface area contributed by atoms with Gasteiger partial charge in [0.05, 0.1) is 15.9 Å². The summed E-state index contributed by atoms with van der Waals surface area (Å²) in [7, 11) is 0. The van der Waals surface area contributed by atoms with E-state index in [1.54, 1.807) is 30.3 Å². The van der Waals surface area contributed by atoms with Gasteiger partial charge in [-0.15, -0.1) is 0 Å². The van der Waals surface area contributed by atoms with E-state index in [0.29, 0.717) is 35.3 Å². The van der Waals surface area contributed by atoms with Crippen molar-refractivity contribution in [2.45, 2.75) is 27.4 Å². The van der Waals surface area contributed by atoms with Crippen molar-refractivity contribution in [3.8, 4) is 11.5 Å². The predicted octanol–water partition coefficient (Wildman–Crippen LogP) is 6.21. The molecule has 190 valence electrons. The lowest BCUT2D eigenvalue weighted by Crippen LogP contribution is -2.54. The molecule has 37 heavy (non-hydrogen) atoms. The van der Waals surface area contributed by atoms with Crippen LogP contribution in [-0.4, -0.2) is 24.5 Å². The van der Waals surface area contributed by atoms with Gasteiger partial charge in [-0.3, -0.25) is 14.9 Å². The predicted molar refractivity (Wildman–Crippen MR) is 151 cm³/mol. The van der Waals surface area contributed by atoms with E-state index in [1.807, 2.05) is 20.8 Å². The SMILES string of the molecule is CCOc1cc(/C=C2\C(=O)NC(=O)N(c3cccc(Cl)c3)C2=O)cc(I)c1OCc1cc(C)cc(C)c1. The molecule has 0 bridgehead atoms. The Balaban J connectivity index is 1.66. The van der Waals surface area contributed by atoms with Crippen LogP contribution in [0.4, 0.5) is 10.5 Å². The standard InChI is InChI=1S/C28H24ClIN2O5/c1-4-36-24-13-18(12-23(30)25(24)37-15-19-9-16(2)8-17(3)10-19)11-22-26(33)31-28(35)32(27(22)34)21-7-5-6-20(29)14-21/h5-14H,4,15H2,1-3H3,(H,31,33,35)/b22-11+. The minimum Gasteiger partial charge on any atom is -0.490 e. The quantitative estimate of drug-likeness (QED) is 0.191. The van der Waals surface area contributed by atoms with Crippen LogP contribution in [0.15, 0.2) is 60.2 Å². The summed E-state index contributed by atoms with van der Waals surface area (Å²) in [6, 6.07) is 15.2. The monoisotopic (exact) mass is 630 g/mol. The van der Waals surface area contributed by atoms with Gasteiger partial charge >= 0.3 is 6.03 Å². The Bertz CT molecular complexity index is 1420. The summed E-state index contributed by atoms with van der Waals surface area (Å²) in [5, 5.41) is 2.57. The van der Waals surface area contributed by atoms with Crippen molar-refractivity contribution in [3.63, 3.8) is 0 Å². The van der Waals surface area contributed by atoms with Gasteiger partial charge in [0, 0.05) is 5.02 Å². The van der Waals surface area contributed by atoms with E-state index in [-0.39, 0.29) is 11.3 Å². The molecular weight excluding hydrogens is 607 g/mol. The number of ether oxygens (including phenoxy) is 2. The highest BCUT2D eigenvalue weighted by Crippen LogP contribution is 2.36. The number of nitrogens with one attached hydrogen (secondary N) is 1. The van der Waals surface area contributed by atoms with Crippen LogP contribution in [0.1, 0.15) is 29.2 Å². The lowest BCUT2D eigenvalue weighted by molar-refractivity contribution is -0.122. The highest BCUT2D eigenvalue weighted by molar-refractivity contribution is 14.1. The smallest absolute Gasteiger partial charge is 0.335 e. The number of rotatable bonds is 7. The molecule has 1 saturated heterocycles. The number of amides is 4. The maximum atomic E-state index is 13.2. The van der Waals surface area contributed by atoms with Crippen molar-refractivity contribution < 1.29 is 23.9 Å². The van der Waals surface area contributed by atoms with Crippen LogP contribution in [0.25, 0.3) is 6.08 Å². The van der Waals surface area contributed by atoms with E-state index in [2.05, 4.69) is 46.1 Å². The topological polar surface area (TPSA) is 84.9 Å². The molecule has 3 aromatic rings. The van der Waals surface area contributed by atoms with Gasteiger partial charge in [-0.1, -0.05) is 47.0 Å². The Morgan fingerprint density at radius 1 is 1.00 bits per heavy atom. The van der Waals surface area contributed by atoms with Gasteiger partial charge < -0.3 is 9.47 Å². The number of aryl methyl sites for hydroxylation is 2. The van der Waals surface area contributed by atoms with Gasteiger partial charge in [0.25, 0.3) is 11.8 Å². The molecular formula is C28H24ClIN2O5. The zero-order chi connectivity index (χ0) is 26.7. The molecule has 0 spiro atoms. The molecule has 4 amide bonds. The van der Waals surface area contributed by atoms with Crippen LogP contribution in [-0.2, 0) is 16.2 Å². The number of imide groups is 2. The van der Waals surface area contributed by atoms with Gasteiger partial charge in [0.2, 0.25) is 0 Å². The number of carbonyl (C=O) groups excluding carboxylic acids is 3. The first kappa shape index (κ1) is 26.7. The molecule has 0 aliphatic carbocycles. The van der Waals surface area contributed by atoms with Gasteiger partial charge in [0.1, 0.15) is 12.2 Å². The van der Waals surface area contributed by atoms with Crippen molar-refractivity contribution in [2.24, 2.45) is 0 Å². The van der Waals surface area contributed by atoms with E-state index >= 15 is 0 Å². The summed E-state index contributed by atoms with van der Waals surface area (Å²) < 4.78 is 12.7. The molecule has 0 unspecified atom stereocenters. The third kappa shape index (κ3) is 6.14. The first-order chi connectivity index (χ1) is 17.7. The number of urea groups is 1. The maximum absolute atomic E-state index is 13.2. The zero-order valence-corrected chi connectivity index (χ0v) is 23.3. The van der Waals surface area contributed by atoms with E-state index in [0.717, 1.165) is 25.2 Å². The van der Waals surface area contributed by atoms with Crippen LogP contribution >= 0.6 is 34.2 Å². The molecule has 0 saturated carbocycles. The molecule has 1 heterocycles. The van der Waals surface area contributed by atoms with Crippen LogP contribution in [0.2, 0.25) is 5.02 Å². The molecule has 9 heteroatoms. The van der Waals surface area contributed by atoms with Crippen LogP contribution < -0.4 is 19.7 Å².